The maximum atomic E-state index is 11.0. The lowest BCUT2D eigenvalue weighted by atomic mass is 10.2. The van der Waals surface area contributed by atoms with Gasteiger partial charge in [-0.1, -0.05) is 5.16 Å². The predicted molar refractivity (Wildman–Crippen MR) is 44.4 cm³/mol. The summed E-state index contributed by atoms with van der Waals surface area (Å²) in [5, 5.41) is 3.34. The summed E-state index contributed by atoms with van der Waals surface area (Å²) in [5.74, 6) is -0.938. The minimum Gasteiger partial charge on any atom is -0.456 e. The van der Waals surface area contributed by atoms with Gasteiger partial charge in [-0.3, -0.25) is 0 Å². The van der Waals surface area contributed by atoms with Gasteiger partial charge in [-0.25, -0.2) is 9.59 Å². The molecule has 72 valence electrons. The fraction of sp³-hybridized carbons (Fsp3) is 0.571. The molecule has 1 fully saturated rings. The fourth-order valence-electron chi connectivity index (χ4n) is 0.840. The Morgan fingerprint density at radius 2 is 2.54 bits per heavy atom. The van der Waals surface area contributed by atoms with Crippen LogP contribution in [0.4, 0.5) is 0 Å². The maximum absolute atomic E-state index is 11.0. The molecule has 0 spiro atoms. The molecule has 13 heavy (non-hydrogen) atoms. The van der Waals surface area contributed by atoms with Crippen molar-refractivity contribution in [2.75, 3.05) is 5.88 Å². The Morgan fingerprint density at radius 1 is 1.85 bits per heavy atom. The van der Waals surface area contributed by atoms with E-state index in [4.69, 9.17) is 16.3 Å². The smallest absolute Gasteiger partial charge is 0.356 e. The van der Waals surface area contributed by atoms with Crippen molar-refractivity contribution >= 4 is 29.3 Å². The van der Waals surface area contributed by atoms with Crippen molar-refractivity contribution in [1.82, 2.24) is 0 Å². The molecule has 0 aliphatic carbocycles. The van der Waals surface area contributed by atoms with Crippen LogP contribution in [-0.2, 0) is 19.2 Å². The normalized spacial score (nSPS) is 24.6. The van der Waals surface area contributed by atoms with E-state index in [-0.39, 0.29) is 24.1 Å². The summed E-state index contributed by atoms with van der Waals surface area (Å²) < 4.78 is 4.76. The fourth-order valence-corrected chi connectivity index (χ4v) is 1.01. The van der Waals surface area contributed by atoms with Gasteiger partial charge in [0.25, 0.3) is 0 Å². The van der Waals surface area contributed by atoms with Gasteiger partial charge in [-0.2, -0.15) is 0 Å². The molecule has 0 bridgehead atoms. The second-order valence-corrected chi connectivity index (χ2v) is 2.82. The van der Waals surface area contributed by atoms with Crippen molar-refractivity contribution in [3.05, 3.63) is 0 Å². The van der Waals surface area contributed by atoms with Crippen LogP contribution in [0.1, 0.15) is 13.3 Å². The van der Waals surface area contributed by atoms with Crippen molar-refractivity contribution in [1.29, 1.82) is 0 Å². The largest absolute Gasteiger partial charge is 0.456 e. The number of rotatable bonds is 2. The van der Waals surface area contributed by atoms with Crippen LogP contribution in [0, 0.1) is 0 Å². The average molecular weight is 206 g/mol. The highest BCUT2D eigenvalue weighted by molar-refractivity contribution is 6.38. The molecule has 1 atom stereocenters. The molecule has 1 saturated heterocycles. The number of nitrogens with zero attached hydrogens (tertiary/aromatic N) is 1. The summed E-state index contributed by atoms with van der Waals surface area (Å²) >= 11 is 5.46. The molecular formula is C7H8ClNO4. The molecule has 0 amide bonds. The van der Waals surface area contributed by atoms with Gasteiger partial charge in [-0.05, 0) is 0 Å². The molecule has 1 heterocycles. The molecule has 1 aliphatic rings. The third-order valence-corrected chi connectivity index (χ3v) is 1.73. The third-order valence-electron chi connectivity index (χ3n) is 1.39. The standard InChI is InChI=1S/C7H8ClNO4/c1-4(10)13-9-6-2-5(3-8)12-7(6)11/h5H,2-3H2,1H3/b9-6+. The first-order chi connectivity index (χ1) is 6.13. The minimum absolute atomic E-state index is 0.0980. The summed E-state index contributed by atoms with van der Waals surface area (Å²) in [6, 6.07) is 0. The van der Waals surface area contributed by atoms with Gasteiger partial charge in [-0.15, -0.1) is 11.6 Å². The van der Waals surface area contributed by atoms with Crippen molar-refractivity contribution in [3.63, 3.8) is 0 Å². The number of oxime groups is 1. The topological polar surface area (TPSA) is 65.0 Å². The monoisotopic (exact) mass is 205 g/mol. The maximum Gasteiger partial charge on any atom is 0.356 e. The van der Waals surface area contributed by atoms with E-state index in [9.17, 15) is 9.59 Å². The van der Waals surface area contributed by atoms with Gasteiger partial charge in [0.05, 0.1) is 5.88 Å². The Morgan fingerprint density at radius 3 is 3.00 bits per heavy atom. The lowest BCUT2D eigenvalue weighted by Crippen LogP contribution is -2.08. The molecule has 1 unspecified atom stereocenters. The first kappa shape index (κ1) is 9.98. The number of cyclic esters (lactones) is 1. The van der Waals surface area contributed by atoms with Crippen LogP contribution < -0.4 is 0 Å². The number of hydrogen-bond acceptors (Lipinski definition) is 5. The Bertz CT molecular complexity index is 263. The highest BCUT2D eigenvalue weighted by Gasteiger charge is 2.30. The zero-order valence-corrected chi connectivity index (χ0v) is 7.71. The molecular weight excluding hydrogens is 198 g/mol. The van der Waals surface area contributed by atoms with Crippen LogP contribution >= 0.6 is 11.6 Å². The van der Waals surface area contributed by atoms with Gasteiger partial charge in [0.2, 0.25) is 0 Å². The molecule has 0 aromatic heterocycles. The van der Waals surface area contributed by atoms with Crippen LogP contribution in [-0.4, -0.2) is 29.6 Å². The summed E-state index contributed by atoms with van der Waals surface area (Å²) in [6.45, 7) is 1.20. The first-order valence-corrected chi connectivity index (χ1v) is 4.18. The van der Waals surface area contributed by atoms with Gasteiger partial charge in [0.15, 0.2) is 5.71 Å². The van der Waals surface area contributed by atoms with E-state index < -0.39 is 11.9 Å². The predicted octanol–water partition coefficient (Wildman–Crippen LogP) is 0.460. The van der Waals surface area contributed by atoms with Crippen LogP contribution in [0.2, 0.25) is 0 Å². The number of carbonyl (C=O) groups excluding carboxylic acids is 2. The van der Waals surface area contributed by atoms with E-state index >= 15 is 0 Å². The number of hydrogen-bond donors (Lipinski definition) is 0. The van der Waals surface area contributed by atoms with Crippen molar-refractivity contribution in [3.8, 4) is 0 Å². The summed E-state index contributed by atoms with van der Waals surface area (Å²) in [4.78, 5) is 25.6. The molecule has 0 saturated carbocycles. The van der Waals surface area contributed by atoms with E-state index in [1.54, 1.807) is 0 Å². The molecule has 0 aromatic carbocycles. The molecule has 5 nitrogen and oxygen atoms in total. The molecule has 1 rings (SSSR count). The van der Waals surface area contributed by atoms with E-state index in [0.29, 0.717) is 0 Å². The minimum atomic E-state index is -0.577. The molecule has 0 aromatic rings. The number of carbonyl (C=O) groups is 2. The quantitative estimate of drug-likeness (QED) is 0.284. The van der Waals surface area contributed by atoms with E-state index in [0.717, 1.165) is 0 Å². The zero-order valence-electron chi connectivity index (χ0n) is 6.95. The molecule has 0 N–H and O–H groups in total. The zero-order chi connectivity index (χ0) is 9.84. The number of ether oxygens (including phenoxy) is 1. The second kappa shape index (κ2) is 4.23. The average Bonchev–Trinajstić information content (AvgIpc) is 2.43. The highest BCUT2D eigenvalue weighted by atomic mass is 35.5. The molecule has 0 radical (unpaired) electrons. The van der Waals surface area contributed by atoms with Crippen molar-refractivity contribution in [2.45, 2.75) is 19.4 Å². The van der Waals surface area contributed by atoms with Gasteiger partial charge in [0.1, 0.15) is 6.10 Å². The summed E-state index contributed by atoms with van der Waals surface area (Å²) in [5.41, 5.74) is 0.0980. The third kappa shape index (κ3) is 2.69. The highest BCUT2D eigenvalue weighted by Crippen LogP contribution is 2.13. The van der Waals surface area contributed by atoms with Crippen molar-refractivity contribution < 1.29 is 19.2 Å². The first-order valence-electron chi connectivity index (χ1n) is 3.65. The van der Waals surface area contributed by atoms with E-state index in [1.807, 2.05) is 0 Å². The SMILES string of the molecule is CC(=O)O/N=C1\CC(CCl)OC1=O. The van der Waals surface area contributed by atoms with E-state index in [1.165, 1.54) is 6.92 Å². The Balaban J connectivity index is 2.56. The van der Waals surface area contributed by atoms with Gasteiger partial charge >= 0.3 is 11.9 Å². The van der Waals surface area contributed by atoms with Crippen LogP contribution in [0.25, 0.3) is 0 Å². The van der Waals surface area contributed by atoms with E-state index in [2.05, 4.69) is 9.99 Å². The number of esters is 1. The summed E-state index contributed by atoms with van der Waals surface area (Å²) in [6.07, 6.45) is -0.0706. The van der Waals surface area contributed by atoms with Crippen LogP contribution in [0.5, 0.6) is 0 Å². The second-order valence-electron chi connectivity index (χ2n) is 2.51. The van der Waals surface area contributed by atoms with Gasteiger partial charge in [0, 0.05) is 13.3 Å². The lowest BCUT2D eigenvalue weighted by molar-refractivity contribution is -0.141. The Hall–Kier alpha value is -1.10. The van der Waals surface area contributed by atoms with Crippen LogP contribution in [0.3, 0.4) is 0 Å². The lowest BCUT2D eigenvalue weighted by Gasteiger charge is -1.99. The number of alkyl halides is 1. The number of halogens is 1. The Kier molecular flexibility index (Phi) is 3.25. The van der Waals surface area contributed by atoms with Crippen molar-refractivity contribution in [2.24, 2.45) is 5.16 Å². The molecule has 1 aliphatic heterocycles. The summed E-state index contributed by atoms with van der Waals surface area (Å²) in [7, 11) is 0. The molecule has 6 heteroatoms. The van der Waals surface area contributed by atoms with Gasteiger partial charge < -0.3 is 9.57 Å². The van der Waals surface area contributed by atoms with Crippen LogP contribution in [0.15, 0.2) is 5.16 Å². The Labute approximate surface area is 79.6 Å².